The van der Waals surface area contributed by atoms with Gasteiger partial charge in [0.1, 0.15) is 0 Å². The Morgan fingerprint density at radius 3 is 2.50 bits per heavy atom. The lowest BCUT2D eigenvalue weighted by atomic mass is 9.98. The average molecular weight is 316 g/mol. The van der Waals surface area contributed by atoms with Crippen molar-refractivity contribution >= 4 is 27.1 Å². The van der Waals surface area contributed by atoms with Gasteiger partial charge in [0.05, 0.1) is 16.3 Å². The Bertz CT molecular complexity index is 537. The van der Waals surface area contributed by atoms with Crippen molar-refractivity contribution in [2.75, 3.05) is 29.6 Å². The molecule has 1 aliphatic rings. The van der Waals surface area contributed by atoms with Crippen molar-refractivity contribution in [2.45, 2.75) is 31.1 Å². The second-order valence-electron chi connectivity index (χ2n) is 5.37. The van der Waals surface area contributed by atoms with Crippen LogP contribution < -0.4 is 4.90 Å². The second-order valence-corrected chi connectivity index (χ2v) is 7.76. The third-order valence-electron chi connectivity index (χ3n) is 3.85. The molecular formula is C15H22ClNO2S. The van der Waals surface area contributed by atoms with E-state index in [2.05, 4.69) is 4.90 Å². The highest BCUT2D eigenvalue weighted by Gasteiger charge is 2.24. The summed E-state index contributed by atoms with van der Waals surface area (Å²) in [6.45, 7) is 3.66. The molecule has 1 fully saturated rings. The molecule has 0 unspecified atom stereocenters. The molecule has 0 aromatic heterocycles. The fraction of sp³-hybridized carbons (Fsp3) is 0.600. The van der Waals surface area contributed by atoms with Gasteiger partial charge >= 0.3 is 0 Å². The van der Waals surface area contributed by atoms with E-state index in [-0.39, 0.29) is 5.75 Å². The highest BCUT2D eigenvalue weighted by atomic mass is 35.5. The van der Waals surface area contributed by atoms with Crippen LogP contribution in [0.3, 0.4) is 0 Å². The molecule has 1 saturated heterocycles. The van der Waals surface area contributed by atoms with Crippen LogP contribution in [0.2, 0.25) is 0 Å². The number of sulfone groups is 1. The van der Waals surface area contributed by atoms with Crippen LogP contribution in [0.1, 0.15) is 26.2 Å². The van der Waals surface area contributed by atoms with Crippen LogP contribution in [0.4, 0.5) is 5.69 Å². The summed E-state index contributed by atoms with van der Waals surface area (Å²) in [4.78, 5) is 2.66. The number of para-hydroxylation sites is 1. The summed E-state index contributed by atoms with van der Waals surface area (Å²) in [5, 5.41) is 0. The highest BCUT2D eigenvalue weighted by molar-refractivity contribution is 7.91. The third kappa shape index (κ3) is 3.47. The lowest BCUT2D eigenvalue weighted by Crippen LogP contribution is -2.35. The minimum Gasteiger partial charge on any atom is -0.370 e. The highest BCUT2D eigenvalue weighted by Crippen LogP contribution is 2.30. The maximum atomic E-state index is 12.4. The Morgan fingerprint density at radius 2 is 1.90 bits per heavy atom. The van der Waals surface area contributed by atoms with Crippen molar-refractivity contribution in [1.29, 1.82) is 0 Å². The molecule has 5 heteroatoms. The molecule has 0 bridgehead atoms. The molecule has 1 aromatic carbocycles. The normalized spacial score (nSPS) is 17.4. The summed E-state index contributed by atoms with van der Waals surface area (Å²) in [5.41, 5.74) is 0.856. The van der Waals surface area contributed by atoms with E-state index < -0.39 is 9.84 Å². The average Bonchev–Trinajstić information content (AvgIpc) is 2.47. The summed E-state index contributed by atoms with van der Waals surface area (Å²) < 4.78 is 24.7. The fourth-order valence-corrected chi connectivity index (χ4v) is 4.56. The predicted molar refractivity (Wildman–Crippen MR) is 84.4 cm³/mol. The fourth-order valence-electron chi connectivity index (χ4n) is 2.69. The number of rotatable bonds is 5. The summed E-state index contributed by atoms with van der Waals surface area (Å²) in [6.07, 6.45) is 2.71. The molecule has 0 spiro atoms. The lowest BCUT2D eigenvalue weighted by Gasteiger charge is -2.33. The summed E-state index contributed by atoms with van der Waals surface area (Å²) in [5.74, 6) is 1.47. The van der Waals surface area contributed by atoms with Gasteiger partial charge in [-0.15, -0.1) is 11.6 Å². The number of anilines is 1. The van der Waals surface area contributed by atoms with E-state index in [4.69, 9.17) is 11.6 Å². The van der Waals surface area contributed by atoms with E-state index >= 15 is 0 Å². The van der Waals surface area contributed by atoms with Gasteiger partial charge in [-0.05, 0) is 37.3 Å². The van der Waals surface area contributed by atoms with Crippen molar-refractivity contribution in [3.63, 3.8) is 0 Å². The van der Waals surface area contributed by atoms with Gasteiger partial charge in [-0.3, -0.25) is 0 Å². The van der Waals surface area contributed by atoms with Crippen molar-refractivity contribution < 1.29 is 8.42 Å². The first-order valence-corrected chi connectivity index (χ1v) is 9.40. The van der Waals surface area contributed by atoms with E-state index in [1.165, 1.54) is 0 Å². The Morgan fingerprint density at radius 1 is 1.25 bits per heavy atom. The zero-order chi connectivity index (χ0) is 14.6. The Balaban J connectivity index is 2.25. The predicted octanol–water partition coefficient (Wildman–Crippen LogP) is 3.33. The molecule has 1 heterocycles. The van der Waals surface area contributed by atoms with Crippen LogP contribution in [-0.2, 0) is 9.84 Å². The molecule has 0 saturated carbocycles. The van der Waals surface area contributed by atoms with Gasteiger partial charge in [-0.25, -0.2) is 8.42 Å². The summed E-state index contributed by atoms with van der Waals surface area (Å²) in [7, 11) is -3.18. The molecule has 0 aliphatic carbocycles. The van der Waals surface area contributed by atoms with Crippen LogP contribution in [0, 0.1) is 5.92 Å². The first-order chi connectivity index (χ1) is 9.58. The smallest absolute Gasteiger partial charge is 0.180 e. The van der Waals surface area contributed by atoms with E-state index in [9.17, 15) is 8.42 Å². The molecule has 2 rings (SSSR count). The quantitative estimate of drug-likeness (QED) is 0.782. The molecule has 1 aromatic rings. The molecule has 0 atom stereocenters. The zero-order valence-corrected chi connectivity index (χ0v) is 13.5. The monoisotopic (exact) mass is 315 g/mol. The number of hydrogen-bond acceptors (Lipinski definition) is 3. The standard InChI is InChI=1S/C15H22ClNO2S/c1-2-11-20(18,19)15-6-4-3-5-14(15)17-9-7-13(12-16)8-10-17/h3-6,13H,2,7-12H2,1H3. The van der Waals surface area contributed by atoms with Crippen LogP contribution in [0.5, 0.6) is 0 Å². The van der Waals surface area contributed by atoms with Crippen LogP contribution >= 0.6 is 11.6 Å². The maximum Gasteiger partial charge on any atom is 0.180 e. The van der Waals surface area contributed by atoms with E-state index in [0.717, 1.165) is 31.6 Å². The second kappa shape index (κ2) is 6.81. The van der Waals surface area contributed by atoms with Gasteiger partial charge in [-0.1, -0.05) is 19.1 Å². The minimum absolute atomic E-state index is 0.210. The maximum absolute atomic E-state index is 12.4. The van der Waals surface area contributed by atoms with Crippen LogP contribution in [0.25, 0.3) is 0 Å². The van der Waals surface area contributed by atoms with Crippen molar-refractivity contribution in [3.05, 3.63) is 24.3 Å². The van der Waals surface area contributed by atoms with E-state index in [0.29, 0.717) is 23.1 Å². The van der Waals surface area contributed by atoms with Crippen LogP contribution in [0.15, 0.2) is 29.2 Å². The number of benzene rings is 1. The molecule has 20 heavy (non-hydrogen) atoms. The number of hydrogen-bond donors (Lipinski definition) is 0. The lowest BCUT2D eigenvalue weighted by molar-refractivity contribution is 0.441. The topological polar surface area (TPSA) is 37.4 Å². The summed E-state index contributed by atoms with van der Waals surface area (Å²) >= 11 is 5.90. The summed E-state index contributed by atoms with van der Waals surface area (Å²) in [6, 6.07) is 7.36. The zero-order valence-electron chi connectivity index (χ0n) is 11.9. The molecule has 0 N–H and O–H groups in total. The van der Waals surface area contributed by atoms with Gasteiger partial charge in [0, 0.05) is 19.0 Å². The third-order valence-corrected chi connectivity index (χ3v) is 6.24. The van der Waals surface area contributed by atoms with E-state index in [1.54, 1.807) is 12.1 Å². The molecular weight excluding hydrogens is 294 g/mol. The van der Waals surface area contributed by atoms with Crippen molar-refractivity contribution in [2.24, 2.45) is 5.92 Å². The molecule has 0 amide bonds. The Kier molecular flexibility index (Phi) is 5.33. The van der Waals surface area contributed by atoms with Gasteiger partial charge < -0.3 is 4.90 Å². The largest absolute Gasteiger partial charge is 0.370 e. The SMILES string of the molecule is CCCS(=O)(=O)c1ccccc1N1CCC(CCl)CC1. The Hall–Kier alpha value is -0.740. The molecule has 0 radical (unpaired) electrons. The van der Waals surface area contributed by atoms with Crippen LogP contribution in [-0.4, -0.2) is 33.1 Å². The van der Waals surface area contributed by atoms with E-state index in [1.807, 2.05) is 19.1 Å². The first kappa shape index (κ1) is 15.6. The number of nitrogens with zero attached hydrogens (tertiary/aromatic N) is 1. The molecule has 3 nitrogen and oxygen atoms in total. The Labute approximate surface area is 126 Å². The molecule has 112 valence electrons. The number of alkyl halides is 1. The van der Waals surface area contributed by atoms with Crippen molar-refractivity contribution in [3.8, 4) is 0 Å². The number of piperidine rings is 1. The van der Waals surface area contributed by atoms with Gasteiger partial charge in [0.25, 0.3) is 0 Å². The first-order valence-electron chi connectivity index (χ1n) is 7.21. The number of halogens is 1. The van der Waals surface area contributed by atoms with Gasteiger partial charge in [-0.2, -0.15) is 0 Å². The van der Waals surface area contributed by atoms with Gasteiger partial charge in [0.15, 0.2) is 9.84 Å². The molecule has 1 aliphatic heterocycles. The van der Waals surface area contributed by atoms with Gasteiger partial charge in [0.2, 0.25) is 0 Å². The van der Waals surface area contributed by atoms with Crippen molar-refractivity contribution in [1.82, 2.24) is 0 Å². The minimum atomic E-state index is -3.18.